The minimum absolute atomic E-state index is 0.0550. The topological polar surface area (TPSA) is 70.0 Å². The standard InChI is InChI=1S/C13H25NO4/c1-13(2,3)10-9-14(7-8-18-10)11(15)5-4-6-12(16)17/h10-11,15H,4-9H2,1-3H3,(H,16,17). The monoisotopic (exact) mass is 259 g/mol. The minimum atomic E-state index is -0.809. The summed E-state index contributed by atoms with van der Waals surface area (Å²) in [6.45, 7) is 8.41. The van der Waals surface area contributed by atoms with Crippen molar-refractivity contribution >= 4 is 5.97 Å². The molecular weight excluding hydrogens is 234 g/mol. The zero-order valence-electron chi connectivity index (χ0n) is 11.6. The molecule has 0 saturated carbocycles. The van der Waals surface area contributed by atoms with E-state index in [0.717, 1.165) is 0 Å². The fourth-order valence-corrected chi connectivity index (χ4v) is 2.08. The number of aliphatic carboxylic acids is 1. The fraction of sp³-hybridized carbons (Fsp3) is 0.923. The molecule has 1 aliphatic rings. The largest absolute Gasteiger partial charge is 0.481 e. The van der Waals surface area contributed by atoms with Crippen LogP contribution >= 0.6 is 0 Å². The van der Waals surface area contributed by atoms with Crippen LogP contribution in [0.4, 0.5) is 0 Å². The van der Waals surface area contributed by atoms with Gasteiger partial charge in [0.05, 0.1) is 12.7 Å². The molecule has 1 fully saturated rings. The van der Waals surface area contributed by atoms with Gasteiger partial charge in [0.2, 0.25) is 0 Å². The highest BCUT2D eigenvalue weighted by atomic mass is 16.5. The maximum absolute atomic E-state index is 10.4. The number of morpholine rings is 1. The van der Waals surface area contributed by atoms with Crippen LogP contribution < -0.4 is 0 Å². The lowest BCUT2D eigenvalue weighted by molar-refractivity contribution is -0.138. The third-order valence-corrected chi connectivity index (χ3v) is 3.34. The van der Waals surface area contributed by atoms with Crippen molar-refractivity contribution in [1.82, 2.24) is 4.90 Å². The first kappa shape index (κ1) is 15.4. The van der Waals surface area contributed by atoms with Crippen LogP contribution in [0.5, 0.6) is 0 Å². The number of aliphatic hydroxyl groups excluding tert-OH is 1. The molecule has 0 aliphatic carbocycles. The van der Waals surface area contributed by atoms with E-state index in [0.29, 0.717) is 32.5 Å². The summed E-state index contributed by atoms with van der Waals surface area (Å²) in [6, 6.07) is 0. The van der Waals surface area contributed by atoms with Crippen LogP contribution in [0.25, 0.3) is 0 Å². The van der Waals surface area contributed by atoms with Gasteiger partial charge in [0.1, 0.15) is 6.23 Å². The van der Waals surface area contributed by atoms with E-state index in [2.05, 4.69) is 20.8 Å². The predicted molar refractivity (Wildman–Crippen MR) is 68.3 cm³/mol. The molecule has 1 heterocycles. The highest BCUT2D eigenvalue weighted by molar-refractivity contribution is 5.66. The predicted octanol–water partition coefficient (Wildman–Crippen LogP) is 1.31. The second kappa shape index (κ2) is 6.50. The van der Waals surface area contributed by atoms with Crippen molar-refractivity contribution in [3.63, 3.8) is 0 Å². The Morgan fingerprint density at radius 3 is 2.72 bits per heavy atom. The van der Waals surface area contributed by atoms with Crippen molar-refractivity contribution < 1.29 is 19.7 Å². The summed E-state index contributed by atoms with van der Waals surface area (Å²) >= 11 is 0. The lowest BCUT2D eigenvalue weighted by Crippen LogP contribution is -2.51. The summed E-state index contributed by atoms with van der Waals surface area (Å²) < 4.78 is 5.72. The van der Waals surface area contributed by atoms with E-state index >= 15 is 0 Å². The summed E-state index contributed by atoms with van der Waals surface area (Å²) in [5, 5.41) is 18.6. The van der Waals surface area contributed by atoms with Crippen LogP contribution in [-0.4, -0.2) is 53.1 Å². The number of ether oxygens (including phenoxy) is 1. The van der Waals surface area contributed by atoms with Crippen LogP contribution in [0, 0.1) is 5.41 Å². The molecule has 0 amide bonds. The van der Waals surface area contributed by atoms with E-state index < -0.39 is 12.2 Å². The molecule has 2 unspecified atom stereocenters. The first-order chi connectivity index (χ1) is 8.30. The lowest BCUT2D eigenvalue weighted by Gasteiger charge is -2.41. The van der Waals surface area contributed by atoms with Gasteiger partial charge >= 0.3 is 5.97 Å². The number of rotatable bonds is 5. The molecule has 0 aromatic heterocycles. The molecule has 1 aliphatic heterocycles. The van der Waals surface area contributed by atoms with Crippen LogP contribution in [0.3, 0.4) is 0 Å². The van der Waals surface area contributed by atoms with Gasteiger partial charge in [0.15, 0.2) is 0 Å². The van der Waals surface area contributed by atoms with Gasteiger partial charge < -0.3 is 14.9 Å². The summed E-state index contributed by atoms with van der Waals surface area (Å²) in [4.78, 5) is 12.4. The van der Waals surface area contributed by atoms with E-state index in [1.807, 2.05) is 4.90 Å². The van der Waals surface area contributed by atoms with Gasteiger partial charge in [-0.1, -0.05) is 20.8 Å². The van der Waals surface area contributed by atoms with Gasteiger partial charge in [0.25, 0.3) is 0 Å². The molecule has 106 valence electrons. The average Bonchev–Trinajstić information content (AvgIpc) is 2.27. The third kappa shape index (κ3) is 4.92. The number of hydrogen-bond acceptors (Lipinski definition) is 4. The first-order valence-corrected chi connectivity index (χ1v) is 6.56. The van der Waals surface area contributed by atoms with Crippen LogP contribution in [0.2, 0.25) is 0 Å². The number of carboxylic acid groups (broad SMARTS) is 1. The smallest absolute Gasteiger partial charge is 0.303 e. The number of carboxylic acids is 1. The summed E-state index contributed by atoms with van der Waals surface area (Å²) in [7, 11) is 0. The lowest BCUT2D eigenvalue weighted by atomic mass is 9.88. The second-order valence-electron chi connectivity index (χ2n) is 5.99. The summed E-state index contributed by atoms with van der Waals surface area (Å²) in [5.74, 6) is -0.809. The first-order valence-electron chi connectivity index (χ1n) is 6.56. The third-order valence-electron chi connectivity index (χ3n) is 3.34. The van der Waals surface area contributed by atoms with Crippen LogP contribution in [-0.2, 0) is 9.53 Å². The van der Waals surface area contributed by atoms with Gasteiger partial charge in [0, 0.05) is 19.5 Å². The van der Waals surface area contributed by atoms with E-state index in [1.54, 1.807) is 0 Å². The Hall–Kier alpha value is -0.650. The maximum atomic E-state index is 10.4. The Labute approximate surface area is 109 Å². The second-order valence-corrected chi connectivity index (χ2v) is 5.99. The molecular formula is C13H25NO4. The molecule has 0 radical (unpaired) electrons. The Morgan fingerprint density at radius 2 is 2.17 bits per heavy atom. The number of hydrogen-bond donors (Lipinski definition) is 2. The quantitative estimate of drug-likeness (QED) is 0.779. The zero-order chi connectivity index (χ0) is 13.8. The van der Waals surface area contributed by atoms with E-state index in [1.165, 1.54) is 0 Å². The van der Waals surface area contributed by atoms with Crippen molar-refractivity contribution in [3.05, 3.63) is 0 Å². The van der Waals surface area contributed by atoms with Crippen molar-refractivity contribution in [2.75, 3.05) is 19.7 Å². The Bertz CT molecular complexity index is 275. The highest BCUT2D eigenvalue weighted by Crippen LogP contribution is 2.26. The molecule has 18 heavy (non-hydrogen) atoms. The van der Waals surface area contributed by atoms with Crippen molar-refractivity contribution in [3.8, 4) is 0 Å². The van der Waals surface area contributed by atoms with Gasteiger partial charge in [-0.05, 0) is 18.3 Å². The Balaban J connectivity index is 2.38. The minimum Gasteiger partial charge on any atom is -0.481 e. The molecule has 2 N–H and O–H groups in total. The highest BCUT2D eigenvalue weighted by Gasteiger charge is 2.32. The normalized spacial score (nSPS) is 23.9. The molecule has 0 spiro atoms. The molecule has 0 aromatic carbocycles. The number of nitrogens with zero attached hydrogens (tertiary/aromatic N) is 1. The van der Waals surface area contributed by atoms with E-state index in [-0.39, 0.29) is 17.9 Å². The zero-order valence-corrected chi connectivity index (χ0v) is 11.6. The van der Waals surface area contributed by atoms with Gasteiger partial charge in [-0.15, -0.1) is 0 Å². The molecule has 1 saturated heterocycles. The molecule has 2 atom stereocenters. The maximum Gasteiger partial charge on any atom is 0.303 e. The van der Waals surface area contributed by atoms with Crippen molar-refractivity contribution in [2.24, 2.45) is 5.41 Å². The molecule has 0 bridgehead atoms. The van der Waals surface area contributed by atoms with E-state index in [9.17, 15) is 9.90 Å². The fourth-order valence-electron chi connectivity index (χ4n) is 2.08. The summed E-state index contributed by atoms with van der Waals surface area (Å²) in [5.41, 5.74) is 0.0550. The average molecular weight is 259 g/mol. The molecule has 1 rings (SSSR count). The Kier molecular flexibility index (Phi) is 5.56. The number of aliphatic hydroxyl groups is 1. The van der Waals surface area contributed by atoms with Crippen molar-refractivity contribution in [1.29, 1.82) is 0 Å². The van der Waals surface area contributed by atoms with Crippen molar-refractivity contribution in [2.45, 2.75) is 52.4 Å². The molecule has 5 heteroatoms. The number of carbonyl (C=O) groups is 1. The van der Waals surface area contributed by atoms with Gasteiger partial charge in [-0.25, -0.2) is 0 Å². The molecule has 0 aromatic rings. The summed E-state index contributed by atoms with van der Waals surface area (Å²) in [6.07, 6.45) is 0.680. The van der Waals surface area contributed by atoms with Gasteiger partial charge in [-0.3, -0.25) is 9.69 Å². The van der Waals surface area contributed by atoms with E-state index in [4.69, 9.17) is 9.84 Å². The molecule has 5 nitrogen and oxygen atoms in total. The van der Waals surface area contributed by atoms with Crippen LogP contribution in [0.1, 0.15) is 40.0 Å². The Morgan fingerprint density at radius 1 is 1.50 bits per heavy atom. The SMILES string of the molecule is CC(C)(C)C1CN(C(O)CCCC(=O)O)CCO1. The van der Waals surface area contributed by atoms with Gasteiger partial charge in [-0.2, -0.15) is 0 Å². The van der Waals surface area contributed by atoms with Crippen LogP contribution in [0.15, 0.2) is 0 Å².